The van der Waals surface area contributed by atoms with E-state index in [0.29, 0.717) is 11.3 Å². The number of carbonyl (C=O) groups is 1. The monoisotopic (exact) mass is 225 g/mol. The van der Waals surface area contributed by atoms with Crippen LogP contribution in [0, 0.1) is 11.3 Å². The second kappa shape index (κ2) is 4.67. The Balaban J connectivity index is 3.30. The summed E-state index contributed by atoms with van der Waals surface area (Å²) in [6, 6.07) is 4.90. The van der Waals surface area contributed by atoms with Crippen LogP contribution < -0.4 is 4.74 Å². The summed E-state index contributed by atoms with van der Waals surface area (Å²) in [5.41, 5.74) is 0.569. The molecule has 0 atom stereocenters. The lowest BCUT2D eigenvalue weighted by Gasteiger charge is -2.09. The molecule has 0 aliphatic carbocycles. The number of aliphatic carboxylic acids is 1. The molecule has 0 heterocycles. The van der Waals surface area contributed by atoms with Crippen LogP contribution in [0.15, 0.2) is 12.1 Å². The number of halogens is 1. The minimum Gasteiger partial charge on any atom is -0.496 e. The number of carboxylic acids is 1. The molecule has 0 aliphatic rings. The van der Waals surface area contributed by atoms with E-state index in [1.54, 1.807) is 0 Å². The van der Waals surface area contributed by atoms with Crippen molar-refractivity contribution in [1.29, 1.82) is 5.26 Å². The first-order valence-electron chi connectivity index (χ1n) is 4.07. The van der Waals surface area contributed by atoms with Crippen LogP contribution in [-0.4, -0.2) is 18.2 Å². The highest BCUT2D eigenvalue weighted by atomic mass is 35.5. The predicted octanol–water partition coefficient (Wildman–Crippen LogP) is 1.85. The van der Waals surface area contributed by atoms with Crippen LogP contribution in [0.25, 0.3) is 0 Å². The zero-order chi connectivity index (χ0) is 11.4. The number of hydrogen-bond donors (Lipinski definition) is 1. The molecule has 5 heteroatoms. The minimum atomic E-state index is -1.02. The van der Waals surface area contributed by atoms with Crippen LogP contribution in [0.5, 0.6) is 5.75 Å². The molecule has 0 radical (unpaired) electrons. The number of benzene rings is 1. The largest absolute Gasteiger partial charge is 0.496 e. The maximum Gasteiger partial charge on any atom is 0.308 e. The van der Waals surface area contributed by atoms with Crippen molar-refractivity contribution in [2.45, 2.75) is 6.42 Å². The molecule has 0 aromatic heterocycles. The van der Waals surface area contributed by atoms with Gasteiger partial charge < -0.3 is 9.84 Å². The van der Waals surface area contributed by atoms with E-state index < -0.39 is 5.97 Å². The number of methoxy groups -OCH3 is 1. The Labute approximate surface area is 91.7 Å². The molecule has 0 spiro atoms. The standard InChI is InChI=1S/C10H8ClNO3/c1-15-8-3-2-6(5-12)10(11)7(8)4-9(13)14/h2-3H,4H2,1H3,(H,13,14). The van der Waals surface area contributed by atoms with Crippen molar-refractivity contribution in [3.63, 3.8) is 0 Å². The zero-order valence-corrected chi connectivity index (χ0v) is 8.71. The fourth-order valence-electron chi connectivity index (χ4n) is 1.20. The topological polar surface area (TPSA) is 70.3 Å². The van der Waals surface area contributed by atoms with Gasteiger partial charge in [0, 0.05) is 5.56 Å². The van der Waals surface area contributed by atoms with Gasteiger partial charge in [-0.2, -0.15) is 5.26 Å². The molecule has 1 aromatic carbocycles. The summed E-state index contributed by atoms with van der Waals surface area (Å²) in [4.78, 5) is 10.6. The Morgan fingerprint density at radius 2 is 2.33 bits per heavy atom. The molecule has 0 saturated carbocycles. The summed E-state index contributed by atoms with van der Waals surface area (Å²) < 4.78 is 4.97. The number of carboxylic acid groups (broad SMARTS) is 1. The normalized spacial score (nSPS) is 9.40. The first-order chi connectivity index (χ1) is 7.10. The van der Waals surface area contributed by atoms with Crippen LogP contribution in [-0.2, 0) is 11.2 Å². The molecule has 78 valence electrons. The second-order valence-electron chi connectivity index (χ2n) is 2.79. The molecule has 0 unspecified atom stereocenters. The Kier molecular flexibility index (Phi) is 3.53. The zero-order valence-electron chi connectivity index (χ0n) is 7.95. The van der Waals surface area contributed by atoms with Crippen LogP contribution in [0.4, 0.5) is 0 Å². The number of nitrogens with zero attached hydrogens (tertiary/aromatic N) is 1. The van der Waals surface area contributed by atoms with E-state index in [-0.39, 0.29) is 17.0 Å². The van der Waals surface area contributed by atoms with Gasteiger partial charge >= 0.3 is 5.97 Å². The molecule has 0 saturated heterocycles. The summed E-state index contributed by atoms with van der Waals surface area (Å²) in [5.74, 6) is -0.647. The van der Waals surface area contributed by atoms with E-state index >= 15 is 0 Å². The van der Waals surface area contributed by atoms with Gasteiger partial charge in [-0.25, -0.2) is 0 Å². The third-order valence-corrected chi connectivity index (χ3v) is 2.30. The van der Waals surface area contributed by atoms with Crippen molar-refractivity contribution >= 4 is 17.6 Å². The predicted molar refractivity (Wildman–Crippen MR) is 54.1 cm³/mol. The minimum absolute atomic E-state index is 0.138. The molecule has 0 fully saturated rings. The summed E-state index contributed by atoms with van der Waals surface area (Å²) in [6.45, 7) is 0. The SMILES string of the molecule is COc1ccc(C#N)c(Cl)c1CC(=O)O. The van der Waals surface area contributed by atoms with Gasteiger partial charge in [0.05, 0.1) is 24.1 Å². The average molecular weight is 226 g/mol. The lowest BCUT2D eigenvalue weighted by atomic mass is 10.1. The van der Waals surface area contributed by atoms with Crippen LogP contribution in [0.2, 0.25) is 5.02 Å². The van der Waals surface area contributed by atoms with Crippen molar-refractivity contribution in [3.05, 3.63) is 28.3 Å². The van der Waals surface area contributed by atoms with Crippen molar-refractivity contribution in [3.8, 4) is 11.8 Å². The molecule has 1 N–H and O–H groups in total. The number of nitriles is 1. The highest BCUT2D eigenvalue weighted by Gasteiger charge is 2.14. The number of hydrogen-bond acceptors (Lipinski definition) is 3. The van der Waals surface area contributed by atoms with Gasteiger partial charge in [-0.05, 0) is 12.1 Å². The van der Waals surface area contributed by atoms with Gasteiger partial charge in [0.1, 0.15) is 11.8 Å². The van der Waals surface area contributed by atoms with E-state index in [1.807, 2.05) is 6.07 Å². The second-order valence-corrected chi connectivity index (χ2v) is 3.17. The first-order valence-corrected chi connectivity index (χ1v) is 4.45. The molecule has 1 rings (SSSR count). The van der Waals surface area contributed by atoms with E-state index in [9.17, 15) is 4.79 Å². The number of rotatable bonds is 3. The van der Waals surface area contributed by atoms with E-state index in [0.717, 1.165) is 0 Å². The van der Waals surface area contributed by atoms with Gasteiger partial charge in [0.2, 0.25) is 0 Å². The first kappa shape index (κ1) is 11.3. The van der Waals surface area contributed by atoms with Crippen LogP contribution >= 0.6 is 11.6 Å². The van der Waals surface area contributed by atoms with Gasteiger partial charge in [-0.3, -0.25) is 4.79 Å². The van der Waals surface area contributed by atoms with Crippen molar-refractivity contribution < 1.29 is 14.6 Å². The van der Waals surface area contributed by atoms with Crippen molar-refractivity contribution in [2.75, 3.05) is 7.11 Å². The molecular weight excluding hydrogens is 218 g/mol. The highest BCUT2D eigenvalue weighted by molar-refractivity contribution is 6.32. The summed E-state index contributed by atoms with van der Waals surface area (Å²) in [6.07, 6.45) is -0.266. The maximum absolute atomic E-state index is 10.6. The van der Waals surface area contributed by atoms with Crippen LogP contribution in [0.3, 0.4) is 0 Å². The molecule has 4 nitrogen and oxygen atoms in total. The highest BCUT2D eigenvalue weighted by Crippen LogP contribution is 2.29. The third kappa shape index (κ3) is 2.39. The molecule has 0 aliphatic heterocycles. The smallest absolute Gasteiger partial charge is 0.308 e. The van der Waals surface area contributed by atoms with Crippen LogP contribution in [0.1, 0.15) is 11.1 Å². The lowest BCUT2D eigenvalue weighted by Crippen LogP contribution is -2.04. The van der Waals surface area contributed by atoms with Crippen molar-refractivity contribution in [2.24, 2.45) is 0 Å². The molecule has 0 amide bonds. The summed E-state index contributed by atoms with van der Waals surface area (Å²) in [5, 5.41) is 17.5. The molecule has 1 aromatic rings. The Bertz CT molecular complexity index is 437. The molecular formula is C10H8ClNO3. The van der Waals surface area contributed by atoms with Gasteiger partial charge in [0.15, 0.2) is 0 Å². The van der Waals surface area contributed by atoms with E-state index in [4.69, 9.17) is 26.7 Å². The molecule has 0 bridgehead atoms. The van der Waals surface area contributed by atoms with Gasteiger partial charge in [-0.1, -0.05) is 11.6 Å². The Morgan fingerprint density at radius 3 is 2.80 bits per heavy atom. The van der Waals surface area contributed by atoms with Gasteiger partial charge in [0.25, 0.3) is 0 Å². The summed E-state index contributed by atoms with van der Waals surface area (Å²) in [7, 11) is 1.42. The third-order valence-electron chi connectivity index (χ3n) is 1.87. The quantitative estimate of drug-likeness (QED) is 0.852. The Hall–Kier alpha value is -1.73. The lowest BCUT2D eigenvalue weighted by molar-refractivity contribution is -0.136. The molecule has 15 heavy (non-hydrogen) atoms. The van der Waals surface area contributed by atoms with Crippen molar-refractivity contribution in [1.82, 2.24) is 0 Å². The fraction of sp³-hybridized carbons (Fsp3) is 0.200. The maximum atomic E-state index is 10.6. The Morgan fingerprint density at radius 1 is 1.67 bits per heavy atom. The number of ether oxygens (including phenoxy) is 1. The summed E-state index contributed by atoms with van der Waals surface area (Å²) >= 11 is 5.87. The van der Waals surface area contributed by atoms with E-state index in [1.165, 1.54) is 19.2 Å². The van der Waals surface area contributed by atoms with Gasteiger partial charge in [-0.15, -0.1) is 0 Å². The fourth-order valence-corrected chi connectivity index (χ4v) is 1.46. The van der Waals surface area contributed by atoms with E-state index in [2.05, 4.69) is 0 Å². The average Bonchev–Trinajstić information content (AvgIpc) is 2.20.